The number of benzene rings is 2. The van der Waals surface area contributed by atoms with E-state index in [-0.39, 0.29) is 12.2 Å². The summed E-state index contributed by atoms with van der Waals surface area (Å²) in [6, 6.07) is 7.88. The van der Waals surface area contributed by atoms with Gasteiger partial charge in [0.15, 0.2) is 0 Å². The zero-order chi connectivity index (χ0) is 20.0. The summed E-state index contributed by atoms with van der Waals surface area (Å²) in [4.78, 5) is 24.5. The molecule has 2 rings (SSSR count). The quantitative estimate of drug-likeness (QED) is 0.727. The number of esters is 1. The molecule has 0 saturated carbocycles. The largest absolute Gasteiger partial charge is 0.467 e. The van der Waals surface area contributed by atoms with Crippen molar-refractivity contribution in [2.75, 3.05) is 12.9 Å². The molecular formula is C18H16F3NO4S. The standard InChI is InChI=1S/C18H16F3NO4S/c1-26-18(24)15(7-8-27(25)12-5-3-2-4-6-12)22-17(23)16-13(20)9-11(19)10-14(16)21/h2-6,9-10,15H,7-8H2,1H3,(H,22,23)/t15-,27+/m0/s1. The number of ether oxygens (including phenoxy) is 1. The highest BCUT2D eigenvalue weighted by Gasteiger charge is 2.26. The third kappa shape index (κ3) is 5.40. The van der Waals surface area contributed by atoms with Crippen LogP contribution < -0.4 is 5.32 Å². The van der Waals surface area contributed by atoms with E-state index in [0.717, 1.165) is 7.11 Å². The molecule has 0 saturated heterocycles. The lowest BCUT2D eigenvalue weighted by atomic mass is 10.1. The van der Waals surface area contributed by atoms with Crippen LogP contribution in [0.4, 0.5) is 13.2 Å². The van der Waals surface area contributed by atoms with E-state index in [1.165, 1.54) is 0 Å². The molecular weight excluding hydrogens is 383 g/mol. The minimum Gasteiger partial charge on any atom is -0.467 e. The molecule has 27 heavy (non-hydrogen) atoms. The number of amides is 1. The number of carbonyl (C=O) groups is 2. The van der Waals surface area contributed by atoms with Gasteiger partial charge in [-0.2, -0.15) is 0 Å². The van der Waals surface area contributed by atoms with Gasteiger partial charge in [0.2, 0.25) is 0 Å². The van der Waals surface area contributed by atoms with Gasteiger partial charge in [0.1, 0.15) is 29.1 Å². The maximum atomic E-state index is 13.7. The van der Waals surface area contributed by atoms with E-state index in [2.05, 4.69) is 10.1 Å². The van der Waals surface area contributed by atoms with Gasteiger partial charge in [0.05, 0.1) is 17.9 Å². The van der Waals surface area contributed by atoms with Crippen LogP contribution >= 0.6 is 0 Å². The first-order chi connectivity index (χ1) is 12.8. The van der Waals surface area contributed by atoms with E-state index in [1.54, 1.807) is 30.3 Å². The molecule has 0 spiro atoms. The second-order valence-electron chi connectivity index (χ2n) is 5.45. The Labute approximate surface area is 156 Å². The monoisotopic (exact) mass is 399 g/mol. The second kappa shape index (κ2) is 9.31. The topological polar surface area (TPSA) is 72.5 Å². The van der Waals surface area contributed by atoms with Crippen LogP contribution in [0.25, 0.3) is 0 Å². The van der Waals surface area contributed by atoms with Gasteiger partial charge in [-0.05, 0) is 18.6 Å². The molecule has 2 aromatic rings. The van der Waals surface area contributed by atoms with Gasteiger partial charge in [0.25, 0.3) is 5.91 Å². The third-order valence-electron chi connectivity index (χ3n) is 3.62. The van der Waals surface area contributed by atoms with Gasteiger partial charge >= 0.3 is 5.97 Å². The molecule has 1 amide bonds. The van der Waals surface area contributed by atoms with Crippen molar-refractivity contribution in [3.05, 3.63) is 65.5 Å². The Morgan fingerprint density at radius 1 is 1.11 bits per heavy atom. The molecule has 0 aliphatic rings. The van der Waals surface area contributed by atoms with Crippen LogP contribution in [0, 0.1) is 17.5 Å². The molecule has 144 valence electrons. The van der Waals surface area contributed by atoms with Crippen LogP contribution in [0.15, 0.2) is 47.4 Å². The Kier molecular flexibility index (Phi) is 7.12. The van der Waals surface area contributed by atoms with E-state index in [9.17, 15) is 27.0 Å². The van der Waals surface area contributed by atoms with Crippen molar-refractivity contribution in [2.45, 2.75) is 17.4 Å². The molecule has 5 nitrogen and oxygen atoms in total. The summed E-state index contributed by atoms with van der Waals surface area (Å²) in [5, 5.41) is 2.14. The molecule has 0 aliphatic carbocycles. The third-order valence-corrected chi connectivity index (χ3v) is 5.03. The molecule has 2 atom stereocenters. The van der Waals surface area contributed by atoms with Crippen molar-refractivity contribution < 1.29 is 31.7 Å². The van der Waals surface area contributed by atoms with Crippen molar-refractivity contribution >= 4 is 22.7 Å². The van der Waals surface area contributed by atoms with Gasteiger partial charge in [-0.25, -0.2) is 18.0 Å². The number of carbonyl (C=O) groups excluding carboxylic acids is 2. The lowest BCUT2D eigenvalue weighted by Gasteiger charge is -2.17. The SMILES string of the molecule is COC(=O)[C@H](CC[S@@](=O)c1ccccc1)NC(=O)c1c(F)cc(F)cc1F. The smallest absolute Gasteiger partial charge is 0.328 e. The summed E-state index contributed by atoms with van der Waals surface area (Å²) < 4.78 is 57.2. The van der Waals surface area contributed by atoms with Crippen LogP contribution in [0.3, 0.4) is 0 Å². The highest BCUT2D eigenvalue weighted by Crippen LogP contribution is 2.15. The van der Waals surface area contributed by atoms with Gasteiger partial charge in [-0.3, -0.25) is 9.00 Å². The first-order valence-corrected chi connectivity index (χ1v) is 9.12. The number of nitrogens with one attached hydrogen (secondary N) is 1. The van der Waals surface area contributed by atoms with Crippen molar-refractivity contribution in [3.8, 4) is 0 Å². The summed E-state index contributed by atoms with van der Waals surface area (Å²) in [5.74, 6) is -6.09. The minimum atomic E-state index is -1.45. The highest BCUT2D eigenvalue weighted by atomic mass is 32.2. The van der Waals surface area contributed by atoms with Crippen LogP contribution in [-0.4, -0.2) is 35.0 Å². The first-order valence-electron chi connectivity index (χ1n) is 7.80. The zero-order valence-corrected chi connectivity index (χ0v) is 15.0. The predicted molar refractivity (Wildman–Crippen MR) is 91.9 cm³/mol. The molecule has 0 radical (unpaired) electrons. The number of methoxy groups -OCH3 is 1. The molecule has 2 aromatic carbocycles. The number of hydrogen-bond donors (Lipinski definition) is 1. The second-order valence-corrected chi connectivity index (χ2v) is 7.02. The molecule has 0 bridgehead atoms. The zero-order valence-electron chi connectivity index (χ0n) is 14.2. The number of halogens is 3. The molecule has 9 heteroatoms. The number of hydrogen-bond acceptors (Lipinski definition) is 4. The maximum Gasteiger partial charge on any atom is 0.328 e. The summed E-state index contributed by atoms with van der Waals surface area (Å²) in [6.45, 7) is 0. The lowest BCUT2D eigenvalue weighted by Crippen LogP contribution is -2.43. The van der Waals surface area contributed by atoms with E-state index >= 15 is 0 Å². The van der Waals surface area contributed by atoms with Crippen molar-refractivity contribution in [1.29, 1.82) is 0 Å². The summed E-state index contributed by atoms with van der Waals surface area (Å²) in [6.07, 6.45) is -0.0929. The Balaban J connectivity index is 2.12. The van der Waals surface area contributed by atoms with Crippen molar-refractivity contribution in [2.24, 2.45) is 0 Å². The van der Waals surface area contributed by atoms with Crippen LogP contribution in [-0.2, 0) is 20.3 Å². The average Bonchev–Trinajstić information content (AvgIpc) is 2.64. The van der Waals surface area contributed by atoms with Crippen molar-refractivity contribution in [3.63, 3.8) is 0 Å². The Hall–Kier alpha value is -2.68. The predicted octanol–water partition coefficient (Wildman–Crippen LogP) is 2.57. The van der Waals surface area contributed by atoms with Crippen LogP contribution in [0.1, 0.15) is 16.8 Å². The van der Waals surface area contributed by atoms with E-state index < -0.39 is 51.7 Å². The number of rotatable bonds is 7. The molecule has 1 N–H and O–H groups in total. The molecule has 0 unspecified atom stereocenters. The van der Waals surface area contributed by atoms with Gasteiger partial charge in [-0.15, -0.1) is 0 Å². The molecule has 0 fully saturated rings. The summed E-state index contributed by atoms with van der Waals surface area (Å²) in [5.41, 5.74) is -1.02. The van der Waals surface area contributed by atoms with Gasteiger partial charge in [-0.1, -0.05) is 18.2 Å². The van der Waals surface area contributed by atoms with Gasteiger partial charge in [0, 0.05) is 22.8 Å². The minimum absolute atomic E-state index is 0.00155. The molecule has 0 heterocycles. The van der Waals surface area contributed by atoms with Crippen LogP contribution in [0.2, 0.25) is 0 Å². The Bertz CT molecular complexity index is 838. The fourth-order valence-electron chi connectivity index (χ4n) is 2.30. The van der Waals surface area contributed by atoms with Gasteiger partial charge < -0.3 is 10.1 Å². The molecule has 0 aromatic heterocycles. The fraction of sp³-hybridized carbons (Fsp3) is 0.222. The lowest BCUT2D eigenvalue weighted by molar-refractivity contribution is -0.142. The van der Waals surface area contributed by atoms with Crippen LogP contribution in [0.5, 0.6) is 0 Å². The summed E-state index contributed by atoms with van der Waals surface area (Å²) in [7, 11) is -0.372. The van der Waals surface area contributed by atoms with Crippen molar-refractivity contribution in [1.82, 2.24) is 5.32 Å². The van der Waals surface area contributed by atoms with E-state index in [0.29, 0.717) is 17.0 Å². The Morgan fingerprint density at radius 3 is 2.26 bits per heavy atom. The fourth-order valence-corrected chi connectivity index (χ4v) is 3.44. The Morgan fingerprint density at radius 2 is 1.70 bits per heavy atom. The average molecular weight is 399 g/mol. The summed E-state index contributed by atoms with van der Waals surface area (Å²) >= 11 is 0. The first kappa shape index (κ1) is 20.6. The van der Waals surface area contributed by atoms with E-state index in [1.807, 2.05) is 0 Å². The van der Waals surface area contributed by atoms with E-state index in [4.69, 9.17) is 0 Å². The maximum absolute atomic E-state index is 13.7. The molecule has 0 aliphatic heterocycles. The highest BCUT2D eigenvalue weighted by molar-refractivity contribution is 7.85. The normalized spacial score (nSPS) is 12.9.